The van der Waals surface area contributed by atoms with Gasteiger partial charge in [-0.25, -0.2) is 4.79 Å². The number of non-ortho nitro benzene ring substituents is 1. The van der Waals surface area contributed by atoms with Gasteiger partial charge in [0.2, 0.25) is 0 Å². The predicted octanol–water partition coefficient (Wildman–Crippen LogP) is 2.34. The minimum atomic E-state index is -1.34. The smallest absolute Gasteiger partial charge is 0.352 e. The summed E-state index contributed by atoms with van der Waals surface area (Å²) in [6, 6.07) is 5.58. The van der Waals surface area contributed by atoms with Gasteiger partial charge in [-0.3, -0.25) is 29.4 Å². The van der Waals surface area contributed by atoms with Crippen molar-refractivity contribution in [3.63, 3.8) is 0 Å². The molecule has 0 radical (unpaired) electrons. The number of β-lactam (4-membered cyclic amide) rings is 1. The number of halogens is 1. The molecule has 1 fully saturated rings. The second kappa shape index (κ2) is 10.5. The molecule has 0 unspecified atom stereocenters. The van der Waals surface area contributed by atoms with Crippen molar-refractivity contribution in [1.29, 1.82) is 0 Å². The lowest BCUT2D eigenvalue weighted by molar-refractivity contribution is -0.384. The lowest BCUT2D eigenvalue weighted by atomic mass is 10.0. The van der Waals surface area contributed by atoms with Gasteiger partial charge in [0.05, 0.1) is 9.95 Å². The minimum absolute atomic E-state index is 0.0301. The number of nitrogens with one attached hydrogen (secondary N) is 1. The van der Waals surface area contributed by atoms with Gasteiger partial charge in [0.15, 0.2) is 5.76 Å². The fourth-order valence-electron chi connectivity index (χ4n) is 3.64. The van der Waals surface area contributed by atoms with Gasteiger partial charge in [-0.2, -0.15) is 0 Å². The number of carboxylic acids is 1. The van der Waals surface area contributed by atoms with Crippen molar-refractivity contribution in [3.05, 3.63) is 68.3 Å². The molecule has 15 heteroatoms. The number of hydrogen-bond acceptors (Lipinski definition) is 10. The van der Waals surface area contributed by atoms with Crippen LogP contribution < -0.4 is 10.1 Å². The molecule has 1 saturated heterocycles. The fraction of sp³-hybridized carbons (Fsp3) is 0.273. The van der Waals surface area contributed by atoms with Crippen LogP contribution in [0, 0.1) is 10.1 Å². The number of amides is 2. The van der Waals surface area contributed by atoms with E-state index in [1.165, 1.54) is 43.0 Å². The third kappa shape index (κ3) is 5.39. The van der Waals surface area contributed by atoms with Gasteiger partial charge in [-0.1, -0.05) is 11.6 Å². The van der Waals surface area contributed by atoms with Gasteiger partial charge in [-0.05, 0) is 18.2 Å². The molecule has 0 saturated carbocycles. The van der Waals surface area contributed by atoms with Gasteiger partial charge in [0, 0.05) is 30.4 Å². The van der Waals surface area contributed by atoms with E-state index in [1.807, 2.05) is 0 Å². The number of aliphatic carboxylic acids is 1. The van der Waals surface area contributed by atoms with E-state index in [-0.39, 0.29) is 58.2 Å². The topological polar surface area (TPSA) is 179 Å². The van der Waals surface area contributed by atoms with E-state index in [0.29, 0.717) is 0 Å². The number of nitro benzene ring substituents is 1. The van der Waals surface area contributed by atoms with Crippen LogP contribution >= 0.6 is 23.4 Å². The Balaban J connectivity index is 1.37. The number of furan rings is 1. The Labute approximate surface area is 217 Å². The fourth-order valence-corrected chi connectivity index (χ4v) is 5.20. The van der Waals surface area contributed by atoms with Crippen molar-refractivity contribution in [2.75, 3.05) is 12.4 Å². The number of ether oxygens (including phenoxy) is 2. The lowest BCUT2D eigenvalue weighted by Gasteiger charge is -2.49. The Morgan fingerprint density at radius 3 is 2.70 bits per heavy atom. The molecule has 1 aromatic carbocycles. The number of nitro groups is 1. The predicted molar refractivity (Wildman–Crippen MR) is 127 cm³/mol. The second-order valence-electron chi connectivity index (χ2n) is 7.82. The van der Waals surface area contributed by atoms with Crippen LogP contribution in [0.3, 0.4) is 0 Å². The molecular weight excluding hydrogens is 534 g/mol. The van der Waals surface area contributed by atoms with Crippen molar-refractivity contribution in [3.8, 4) is 5.75 Å². The molecule has 2 N–H and O–H groups in total. The second-order valence-corrected chi connectivity index (χ2v) is 9.34. The van der Waals surface area contributed by atoms with E-state index in [2.05, 4.69) is 5.32 Å². The van der Waals surface area contributed by atoms with E-state index >= 15 is 0 Å². The first kappa shape index (κ1) is 26.0. The quantitative estimate of drug-likeness (QED) is 0.202. The van der Waals surface area contributed by atoms with E-state index in [1.54, 1.807) is 0 Å². The monoisotopic (exact) mass is 551 g/mol. The molecule has 2 amide bonds. The van der Waals surface area contributed by atoms with E-state index < -0.39 is 40.1 Å². The zero-order valence-electron chi connectivity index (χ0n) is 19.0. The van der Waals surface area contributed by atoms with E-state index in [0.717, 1.165) is 11.0 Å². The molecule has 194 valence electrons. The van der Waals surface area contributed by atoms with Gasteiger partial charge < -0.3 is 24.3 Å². The Bertz CT molecular complexity index is 1340. The van der Waals surface area contributed by atoms with Crippen molar-refractivity contribution >= 4 is 52.8 Å². The van der Waals surface area contributed by atoms with Gasteiger partial charge in [-0.15, -0.1) is 11.8 Å². The van der Waals surface area contributed by atoms with Crippen LogP contribution in [-0.4, -0.2) is 62.5 Å². The van der Waals surface area contributed by atoms with Crippen molar-refractivity contribution in [2.24, 2.45) is 0 Å². The summed E-state index contributed by atoms with van der Waals surface area (Å²) in [5, 5.41) is 22.3. The molecule has 2 aromatic rings. The van der Waals surface area contributed by atoms with Crippen LogP contribution in [0.1, 0.15) is 23.2 Å². The molecule has 13 nitrogen and oxygen atoms in total. The first-order chi connectivity index (χ1) is 17.6. The van der Waals surface area contributed by atoms with E-state index in [9.17, 15) is 34.4 Å². The summed E-state index contributed by atoms with van der Waals surface area (Å²) in [7, 11) is 0. The largest absolute Gasteiger partial charge is 0.484 e. The Morgan fingerprint density at radius 1 is 1.30 bits per heavy atom. The average molecular weight is 552 g/mol. The highest BCUT2D eigenvalue weighted by molar-refractivity contribution is 8.00. The molecule has 3 heterocycles. The summed E-state index contributed by atoms with van der Waals surface area (Å²) in [4.78, 5) is 59.5. The zero-order valence-corrected chi connectivity index (χ0v) is 20.5. The number of esters is 1. The number of benzene rings is 1. The number of thioether (sulfide) groups is 1. The molecule has 4 rings (SSSR count). The molecule has 0 bridgehead atoms. The molecule has 1 aromatic heterocycles. The van der Waals surface area contributed by atoms with Gasteiger partial charge >= 0.3 is 11.9 Å². The Morgan fingerprint density at radius 2 is 2.05 bits per heavy atom. The lowest BCUT2D eigenvalue weighted by Crippen LogP contribution is -2.70. The first-order valence-electron chi connectivity index (χ1n) is 10.6. The third-order valence-corrected chi connectivity index (χ3v) is 7.00. The maximum absolute atomic E-state index is 12.7. The summed E-state index contributed by atoms with van der Waals surface area (Å²) < 4.78 is 15.9. The molecule has 37 heavy (non-hydrogen) atoms. The standard InChI is InChI=1S/C22H18ClN3O10S/c1-10(27)34-7-11-9-37-21-17(20(29)25(21)18(11)22(30)31)24-19(28)16-5-3-13(36-16)8-35-15-4-2-12(26(32)33)6-14(15)23/h2-6,17,21H,7-9H2,1H3,(H,24,28)(H,30,31)/t17-,21-/m1/s1. The average Bonchev–Trinajstić information content (AvgIpc) is 3.33. The van der Waals surface area contributed by atoms with Crippen LogP contribution in [0.4, 0.5) is 5.69 Å². The highest BCUT2D eigenvalue weighted by Gasteiger charge is 2.54. The van der Waals surface area contributed by atoms with Crippen molar-refractivity contribution in [2.45, 2.75) is 24.9 Å². The normalized spacial score (nSPS) is 18.5. The van der Waals surface area contributed by atoms with Crippen LogP contribution in [0.5, 0.6) is 5.75 Å². The highest BCUT2D eigenvalue weighted by Crippen LogP contribution is 2.40. The molecule has 2 aliphatic rings. The number of rotatable bonds is 9. The molecule has 0 aliphatic carbocycles. The van der Waals surface area contributed by atoms with Crippen LogP contribution in [0.2, 0.25) is 5.02 Å². The van der Waals surface area contributed by atoms with Crippen molar-refractivity contribution in [1.82, 2.24) is 10.2 Å². The number of hydrogen-bond donors (Lipinski definition) is 2. The Hall–Kier alpha value is -4.04. The molecular formula is C22H18ClN3O10S. The number of carboxylic acid groups (broad SMARTS) is 1. The van der Waals surface area contributed by atoms with Gasteiger partial charge in [0.25, 0.3) is 17.5 Å². The molecule has 2 atom stereocenters. The van der Waals surface area contributed by atoms with E-state index in [4.69, 9.17) is 25.5 Å². The number of nitrogens with zero attached hydrogens (tertiary/aromatic N) is 2. The summed E-state index contributed by atoms with van der Waals surface area (Å²) in [5.41, 5.74) is -0.171. The molecule has 0 spiro atoms. The highest BCUT2D eigenvalue weighted by atomic mass is 35.5. The maximum atomic E-state index is 12.7. The van der Waals surface area contributed by atoms with Crippen LogP contribution in [-0.2, 0) is 25.7 Å². The number of fused-ring (bicyclic) bond motifs is 1. The zero-order chi connectivity index (χ0) is 26.9. The number of carbonyl (C=O) groups excluding carboxylic acids is 3. The summed E-state index contributed by atoms with van der Waals surface area (Å²) in [6.45, 7) is 0.814. The first-order valence-corrected chi connectivity index (χ1v) is 12.0. The van der Waals surface area contributed by atoms with Crippen molar-refractivity contribution < 1.29 is 43.1 Å². The minimum Gasteiger partial charge on any atom is -0.484 e. The van der Waals surface area contributed by atoms with Crippen LogP contribution in [0.25, 0.3) is 0 Å². The summed E-state index contributed by atoms with van der Waals surface area (Å²) in [6.07, 6.45) is 0. The summed E-state index contributed by atoms with van der Waals surface area (Å²) >= 11 is 7.22. The third-order valence-electron chi connectivity index (χ3n) is 5.37. The maximum Gasteiger partial charge on any atom is 0.352 e. The number of carbonyl (C=O) groups is 4. The summed E-state index contributed by atoms with van der Waals surface area (Å²) in [5.74, 6) is -2.71. The van der Waals surface area contributed by atoms with Crippen LogP contribution in [0.15, 0.2) is 46.0 Å². The molecule has 2 aliphatic heterocycles. The Kier molecular flexibility index (Phi) is 7.40. The van der Waals surface area contributed by atoms with Gasteiger partial charge in [0.1, 0.15) is 41.8 Å². The SMILES string of the molecule is CC(=O)OCC1=C(C(=O)O)N2C(=O)[C@@H](NC(=O)c3ccc(COc4ccc([N+](=O)[O-])cc4Cl)o3)[C@H]2SC1.